The molecule has 0 saturated carbocycles. The van der Waals surface area contributed by atoms with E-state index < -0.39 is 5.54 Å². The Hall–Kier alpha value is -1.69. The number of rotatable bonds is 7. The summed E-state index contributed by atoms with van der Waals surface area (Å²) in [5.74, 6) is 0.780. The van der Waals surface area contributed by atoms with E-state index in [2.05, 4.69) is 18.3 Å². The lowest BCUT2D eigenvalue weighted by molar-refractivity contribution is 0.413. The van der Waals surface area contributed by atoms with Crippen LogP contribution in [-0.2, 0) is 0 Å². The van der Waals surface area contributed by atoms with Crippen LogP contribution in [0.25, 0.3) is 0 Å². The zero-order valence-corrected chi connectivity index (χ0v) is 11.5. The Labute approximate surface area is 110 Å². The molecule has 0 fully saturated rings. The molecule has 1 rings (SSSR count). The molecule has 0 bridgehead atoms. The number of methoxy groups -OCH3 is 1. The summed E-state index contributed by atoms with van der Waals surface area (Å²) in [6.45, 7) is 4.18. The fraction of sp³-hybridized carbons (Fsp3) is 0.533. The van der Waals surface area contributed by atoms with Crippen molar-refractivity contribution in [2.75, 3.05) is 12.4 Å². The molecule has 18 heavy (non-hydrogen) atoms. The lowest BCUT2D eigenvalue weighted by atomic mass is 9.91. The summed E-state index contributed by atoms with van der Waals surface area (Å²) >= 11 is 0. The summed E-state index contributed by atoms with van der Waals surface area (Å²) in [6.07, 6.45) is 3.77. The molecule has 0 heterocycles. The van der Waals surface area contributed by atoms with Gasteiger partial charge in [0.25, 0.3) is 0 Å². The van der Waals surface area contributed by atoms with Crippen LogP contribution in [-0.4, -0.2) is 12.6 Å². The molecule has 98 valence electrons. The highest BCUT2D eigenvalue weighted by Gasteiger charge is 2.27. The first kappa shape index (κ1) is 14.4. The summed E-state index contributed by atoms with van der Waals surface area (Å²) in [4.78, 5) is 0. The van der Waals surface area contributed by atoms with Gasteiger partial charge < -0.3 is 10.1 Å². The fourth-order valence-corrected chi connectivity index (χ4v) is 1.97. The average Bonchev–Trinajstić information content (AvgIpc) is 2.44. The molecular weight excluding hydrogens is 224 g/mol. The zero-order chi connectivity index (χ0) is 13.4. The van der Waals surface area contributed by atoms with Crippen LogP contribution in [0, 0.1) is 11.3 Å². The van der Waals surface area contributed by atoms with Gasteiger partial charge in [-0.05, 0) is 25.0 Å². The number of para-hydroxylation sites is 2. The van der Waals surface area contributed by atoms with Gasteiger partial charge in [-0.25, -0.2) is 0 Å². The molecule has 0 aromatic heterocycles. The van der Waals surface area contributed by atoms with Gasteiger partial charge in [0.15, 0.2) is 0 Å². The van der Waals surface area contributed by atoms with Crippen molar-refractivity contribution in [3.05, 3.63) is 24.3 Å². The largest absolute Gasteiger partial charge is 0.495 e. The van der Waals surface area contributed by atoms with Gasteiger partial charge in [-0.3, -0.25) is 0 Å². The van der Waals surface area contributed by atoms with Crippen molar-refractivity contribution < 1.29 is 4.74 Å². The van der Waals surface area contributed by atoms with E-state index in [1.165, 1.54) is 0 Å². The Balaban J connectivity index is 2.92. The first-order valence-electron chi connectivity index (χ1n) is 6.53. The molecule has 3 heteroatoms. The molecule has 1 atom stereocenters. The quantitative estimate of drug-likeness (QED) is 0.791. The van der Waals surface area contributed by atoms with E-state index in [0.29, 0.717) is 0 Å². The number of nitrogens with one attached hydrogen (secondary N) is 1. The molecule has 0 spiro atoms. The van der Waals surface area contributed by atoms with Gasteiger partial charge in [0.2, 0.25) is 0 Å². The van der Waals surface area contributed by atoms with Crippen LogP contribution in [0.3, 0.4) is 0 Å². The summed E-state index contributed by atoms with van der Waals surface area (Å²) in [7, 11) is 1.65. The van der Waals surface area contributed by atoms with E-state index in [9.17, 15) is 5.26 Å². The normalized spacial score (nSPS) is 13.4. The average molecular weight is 246 g/mol. The summed E-state index contributed by atoms with van der Waals surface area (Å²) < 4.78 is 5.31. The predicted octanol–water partition coefficient (Wildman–Crippen LogP) is 3.97. The van der Waals surface area contributed by atoms with Crippen LogP contribution in [0.1, 0.15) is 39.5 Å². The van der Waals surface area contributed by atoms with Crippen molar-refractivity contribution >= 4 is 5.69 Å². The standard InChI is InChI=1S/C15H22N2O/c1-4-6-11-15(5-2,12-16)17-13-9-7-8-10-14(13)18-3/h7-10,17H,4-6,11H2,1-3H3. The van der Waals surface area contributed by atoms with E-state index in [0.717, 1.165) is 37.1 Å². The van der Waals surface area contributed by atoms with Gasteiger partial charge in [-0.15, -0.1) is 0 Å². The third-order valence-electron chi connectivity index (χ3n) is 3.26. The van der Waals surface area contributed by atoms with E-state index >= 15 is 0 Å². The molecular formula is C15H22N2O. The first-order chi connectivity index (χ1) is 8.71. The fourth-order valence-electron chi connectivity index (χ4n) is 1.97. The highest BCUT2D eigenvalue weighted by molar-refractivity contribution is 5.58. The lowest BCUT2D eigenvalue weighted by Gasteiger charge is -2.28. The minimum absolute atomic E-state index is 0.495. The number of unbranched alkanes of at least 4 members (excludes halogenated alkanes) is 1. The smallest absolute Gasteiger partial charge is 0.141 e. The Bertz CT molecular complexity index is 411. The second-order valence-electron chi connectivity index (χ2n) is 4.48. The summed E-state index contributed by atoms with van der Waals surface area (Å²) in [5, 5.41) is 12.8. The molecule has 0 radical (unpaired) electrons. The minimum atomic E-state index is -0.495. The van der Waals surface area contributed by atoms with Crippen LogP contribution in [0.15, 0.2) is 24.3 Å². The number of anilines is 1. The Morgan fingerprint density at radius 1 is 1.33 bits per heavy atom. The molecule has 1 unspecified atom stereocenters. The summed E-state index contributed by atoms with van der Waals surface area (Å²) in [6, 6.07) is 10.2. The van der Waals surface area contributed by atoms with E-state index in [4.69, 9.17) is 4.74 Å². The van der Waals surface area contributed by atoms with Crippen molar-refractivity contribution in [3.8, 4) is 11.8 Å². The van der Waals surface area contributed by atoms with Crippen LogP contribution in [0.5, 0.6) is 5.75 Å². The first-order valence-corrected chi connectivity index (χ1v) is 6.53. The monoisotopic (exact) mass is 246 g/mol. The lowest BCUT2D eigenvalue weighted by Crippen LogP contribution is -2.36. The third kappa shape index (κ3) is 3.40. The maximum absolute atomic E-state index is 9.47. The molecule has 1 aromatic rings. The van der Waals surface area contributed by atoms with Crippen molar-refractivity contribution in [3.63, 3.8) is 0 Å². The number of ether oxygens (including phenoxy) is 1. The SMILES string of the molecule is CCCCC(C#N)(CC)Nc1ccccc1OC. The number of hydrogen-bond donors (Lipinski definition) is 1. The van der Waals surface area contributed by atoms with E-state index in [-0.39, 0.29) is 0 Å². The Morgan fingerprint density at radius 2 is 2.06 bits per heavy atom. The molecule has 0 saturated heterocycles. The van der Waals surface area contributed by atoms with Crippen molar-refractivity contribution in [1.82, 2.24) is 0 Å². The van der Waals surface area contributed by atoms with Gasteiger partial charge >= 0.3 is 0 Å². The second-order valence-corrected chi connectivity index (χ2v) is 4.48. The number of hydrogen-bond acceptors (Lipinski definition) is 3. The van der Waals surface area contributed by atoms with Gasteiger partial charge in [-0.1, -0.05) is 38.8 Å². The van der Waals surface area contributed by atoms with Crippen molar-refractivity contribution in [2.45, 2.75) is 45.1 Å². The Kier molecular flexibility index (Phi) is 5.51. The molecule has 0 aliphatic heterocycles. The number of benzene rings is 1. The van der Waals surface area contributed by atoms with Crippen LogP contribution >= 0.6 is 0 Å². The second kappa shape index (κ2) is 6.90. The predicted molar refractivity (Wildman–Crippen MR) is 74.8 cm³/mol. The Morgan fingerprint density at radius 3 is 2.61 bits per heavy atom. The number of nitrogens with zero attached hydrogens (tertiary/aromatic N) is 1. The third-order valence-corrected chi connectivity index (χ3v) is 3.26. The van der Waals surface area contributed by atoms with Gasteiger partial charge in [-0.2, -0.15) is 5.26 Å². The van der Waals surface area contributed by atoms with Crippen LogP contribution in [0.2, 0.25) is 0 Å². The molecule has 1 N–H and O–H groups in total. The molecule has 0 aliphatic carbocycles. The summed E-state index contributed by atoms with van der Waals surface area (Å²) in [5.41, 5.74) is 0.393. The van der Waals surface area contributed by atoms with Crippen LogP contribution in [0.4, 0.5) is 5.69 Å². The van der Waals surface area contributed by atoms with E-state index in [1.807, 2.05) is 31.2 Å². The molecule has 0 aliphatic rings. The van der Waals surface area contributed by atoms with Gasteiger partial charge in [0.1, 0.15) is 11.3 Å². The maximum Gasteiger partial charge on any atom is 0.141 e. The van der Waals surface area contributed by atoms with E-state index in [1.54, 1.807) is 7.11 Å². The molecule has 0 amide bonds. The van der Waals surface area contributed by atoms with Crippen LogP contribution < -0.4 is 10.1 Å². The van der Waals surface area contributed by atoms with Gasteiger partial charge in [0.05, 0.1) is 18.9 Å². The van der Waals surface area contributed by atoms with Crippen molar-refractivity contribution in [2.24, 2.45) is 0 Å². The zero-order valence-electron chi connectivity index (χ0n) is 11.5. The molecule has 1 aromatic carbocycles. The van der Waals surface area contributed by atoms with Crippen molar-refractivity contribution in [1.29, 1.82) is 5.26 Å². The highest BCUT2D eigenvalue weighted by atomic mass is 16.5. The number of nitriles is 1. The highest BCUT2D eigenvalue weighted by Crippen LogP contribution is 2.30. The van der Waals surface area contributed by atoms with Gasteiger partial charge in [0, 0.05) is 0 Å². The molecule has 3 nitrogen and oxygen atoms in total. The minimum Gasteiger partial charge on any atom is -0.495 e. The maximum atomic E-state index is 9.47. The topological polar surface area (TPSA) is 45.0 Å².